The molecule has 2 aromatic carbocycles. The van der Waals surface area contributed by atoms with Gasteiger partial charge in [-0.05, 0) is 54.4 Å². The lowest BCUT2D eigenvalue weighted by Gasteiger charge is -2.10. The van der Waals surface area contributed by atoms with Crippen LogP contribution in [-0.2, 0) is 9.59 Å². The topological polar surface area (TPSA) is 89.0 Å². The van der Waals surface area contributed by atoms with E-state index in [9.17, 15) is 14.0 Å². The predicted octanol–water partition coefficient (Wildman–Crippen LogP) is 3.49. The van der Waals surface area contributed by atoms with Crippen LogP contribution in [0.3, 0.4) is 0 Å². The van der Waals surface area contributed by atoms with Crippen LogP contribution in [0, 0.1) is 5.82 Å². The molecule has 2 aromatic rings. The number of anilines is 1. The minimum absolute atomic E-state index is 0.0178. The van der Waals surface area contributed by atoms with Gasteiger partial charge in [-0.3, -0.25) is 9.59 Å². The molecular weight excluding hydrogens is 377 g/mol. The van der Waals surface area contributed by atoms with Crippen LogP contribution in [0.1, 0.15) is 31.7 Å². The summed E-state index contributed by atoms with van der Waals surface area (Å²) in [5.74, 6) is 0.0865. The fourth-order valence-electron chi connectivity index (χ4n) is 2.31. The molecule has 8 heteroatoms. The largest absolute Gasteiger partial charge is 0.493 e. The molecule has 0 bridgehead atoms. The van der Waals surface area contributed by atoms with Gasteiger partial charge in [-0.2, -0.15) is 5.10 Å². The third-order valence-corrected chi connectivity index (χ3v) is 3.76. The zero-order valence-corrected chi connectivity index (χ0v) is 16.4. The quantitative estimate of drug-likeness (QED) is 0.471. The second-order valence-corrected chi connectivity index (χ2v) is 6.11. The summed E-state index contributed by atoms with van der Waals surface area (Å²) in [7, 11) is 1.55. The van der Waals surface area contributed by atoms with E-state index in [0.29, 0.717) is 23.8 Å². The minimum atomic E-state index is -0.398. The highest BCUT2D eigenvalue weighted by molar-refractivity contribution is 5.93. The third kappa shape index (κ3) is 7.61. The Hall–Kier alpha value is -3.42. The number of nitrogens with one attached hydrogen (secondary N) is 2. The van der Waals surface area contributed by atoms with Gasteiger partial charge >= 0.3 is 0 Å². The van der Waals surface area contributed by atoms with Crippen molar-refractivity contribution in [2.75, 3.05) is 19.0 Å². The van der Waals surface area contributed by atoms with Crippen molar-refractivity contribution in [3.8, 4) is 11.5 Å². The first-order valence-electron chi connectivity index (χ1n) is 9.20. The zero-order valence-electron chi connectivity index (χ0n) is 16.4. The Morgan fingerprint density at radius 3 is 2.48 bits per heavy atom. The summed E-state index contributed by atoms with van der Waals surface area (Å²) in [4.78, 5) is 23.7. The lowest BCUT2D eigenvalue weighted by Crippen LogP contribution is -2.20. The second kappa shape index (κ2) is 11.4. The van der Waals surface area contributed by atoms with E-state index in [1.807, 2.05) is 6.92 Å². The lowest BCUT2D eigenvalue weighted by molar-refractivity contribution is -0.124. The molecule has 0 fully saturated rings. The van der Waals surface area contributed by atoms with E-state index in [0.717, 1.165) is 12.0 Å². The predicted molar refractivity (Wildman–Crippen MR) is 109 cm³/mol. The van der Waals surface area contributed by atoms with Crippen molar-refractivity contribution in [1.29, 1.82) is 0 Å². The number of methoxy groups -OCH3 is 1. The van der Waals surface area contributed by atoms with Crippen LogP contribution >= 0.6 is 0 Å². The first-order valence-corrected chi connectivity index (χ1v) is 9.20. The molecule has 29 heavy (non-hydrogen) atoms. The number of rotatable bonds is 10. The highest BCUT2D eigenvalue weighted by atomic mass is 19.1. The molecule has 0 saturated carbocycles. The van der Waals surface area contributed by atoms with E-state index in [4.69, 9.17) is 9.47 Å². The van der Waals surface area contributed by atoms with Crippen molar-refractivity contribution in [1.82, 2.24) is 5.43 Å². The Labute approximate surface area is 168 Å². The number of hydrogen-bond acceptors (Lipinski definition) is 5. The number of carbonyl (C=O) groups excluding carboxylic acids is 2. The molecule has 0 spiro atoms. The fourth-order valence-corrected chi connectivity index (χ4v) is 2.31. The van der Waals surface area contributed by atoms with Gasteiger partial charge in [0.2, 0.25) is 11.8 Å². The van der Waals surface area contributed by atoms with E-state index in [2.05, 4.69) is 15.8 Å². The number of halogens is 1. The van der Waals surface area contributed by atoms with Crippen molar-refractivity contribution in [2.45, 2.75) is 26.2 Å². The van der Waals surface area contributed by atoms with Crippen LogP contribution in [0.25, 0.3) is 0 Å². The van der Waals surface area contributed by atoms with Crippen molar-refractivity contribution in [3.05, 3.63) is 53.8 Å². The average Bonchev–Trinajstić information content (AvgIpc) is 2.72. The zero-order chi connectivity index (χ0) is 21.1. The first kappa shape index (κ1) is 21.9. The van der Waals surface area contributed by atoms with Crippen LogP contribution in [0.4, 0.5) is 10.1 Å². The molecule has 2 amide bonds. The molecule has 0 atom stereocenters. The van der Waals surface area contributed by atoms with Crippen LogP contribution in [-0.4, -0.2) is 31.7 Å². The molecule has 2 rings (SSSR count). The van der Waals surface area contributed by atoms with Crippen molar-refractivity contribution >= 4 is 23.7 Å². The molecule has 0 aliphatic rings. The maximum Gasteiger partial charge on any atom is 0.240 e. The van der Waals surface area contributed by atoms with Gasteiger partial charge in [0.05, 0.1) is 19.9 Å². The molecule has 0 aromatic heterocycles. The Kier molecular flexibility index (Phi) is 8.62. The molecule has 154 valence electrons. The molecule has 0 aliphatic heterocycles. The number of hydrazone groups is 1. The standard InChI is InChI=1S/C21H24FN3O4/c1-3-12-29-18-9-4-15(13-19(18)28-2)14-23-25-21(27)11-10-20(26)24-17-7-5-16(22)6-8-17/h4-9,13-14H,3,10-12H2,1-2H3,(H,24,26)(H,25,27)/b23-14+. The lowest BCUT2D eigenvalue weighted by atomic mass is 10.2. The molecule has 0 heterocycles. The summed E-state index contributed by atoms with van der Waals surface area (Å²) in [5.41, 5.74) is 3.56. The molecule has 0 aliphatic carbocycles. The van der Waals surface area contributed by atoms with Crippen LogP contribution < -0.4 is 20.2 Å². The summed E-state index contributed by atoms with van der Waals surface area (Å²) in [5, 5.41) is 6.48. The molecule has 0 saturated heterocycles. The molecule has 0 radical (unpaired) electrons. The first-order chi connectivity index (χ1) is 14.0. The van der Waals surface area contributed by atoms with Crippen LogP contribution in [0.15, 0.2) is 47.6 Å². The third-order valence-electron chi connectivity index (χ3n) is 3.76. The number of ether oxygens (including phenoxy) is 2. The maximum absolute atomic E-state index is 12.8. The van der Waals surface area contributed by atoms with Crippen molar-refractivity contribution < 1.29 is 23.5 Å². The number of benzene rings is 2. The molecular formula is C21H24FN3O4. The molecule has 0 unspecified atom stereocenters. The maximum atomic E-state index is 12.8. The Balaban J connectivity index is 1.78. The van der Waals surface area contributed by atoms with E-state index in [-0.39, 0.29) is 24.6 Å². The smallest absolute Gasteiger partial charge is 0.240 e. The van der Waals surface area contributed by atoms with E-state index >= 15 is 0 Å². The van der Waals surface area contributed by atoms with Gasteiger partial charge in [0, 0.05) is 18.5 Å². The second-order valence-electron chi connectivity index (χ2n) is 6.11. The van der Waals surface area contributed by atoms with E-state index < -0.39 is 5.91 Å². The monoisotopic (exact) mass is 401 g/mol. The summed E-state index contributed by atoms with van der Waals surface area (Å²) in [6.07, 6.45) is 2.32. The van der Waals surface area contributed by atoms with Crippen LogP contribution in [0.2, 0.25) is 0 Å². The Morgan fingerprint density at radius 1 is 1.07 bits per heavy atom. The van der Waals surface area contributed by atoms with Gasteiger partial charge in [0.1, 0.15) is 5.82 Å². The van der Waals surface area contributed by atoms with Gasteiger partial charge in [0.15, 0.2) is 11.5 Å². The number of carbonyl (C=O) groups is 2. The number of nitrogens with zero attached hydrogens (tertiary/aromatic N) is 1. The van der Waals surface area contributed by atoms with Crippen molar-refractivity contribution in [3.63, 3.8) is 0 Å². The van der Waals surface area contributed by atoms with Gasteiger partial charge in [-0.1, -0.05) is 6.92 Å². The van der Waals surface area contributed by atoms with Gasteiger partial charge in [0.25, 0.3) is 0 Å². The van der Waals surface area contributed by atoms with Crippen LogP contribution in [0.5, 0.6) is 11.5 Å². The number of hydrogen-bond donors (Lipinski definition) is 2. The van der Waals surface area contributed by atoms with Crippen molar-refractivity contribution in [2.24, 2.45) is 5.10 Å². The average molecular weight is 401 g/mol. The summed E-state index contributed by atoms with van der Waals surface area (Å²) in [6, 6.07) is 10.7. The van der Waals surface area contributed by atoms with Gasteiger partial charge in [-0.15, -0.1) is 0 Å². The minimum Gasteiger partial charge on any atom is -0.493 e. The molecule has 7 nitrogen and oxygen atoms in total. The molecule has 2 N–H and O–H groups in total. The number of amides is 2. The highest BCUT2D eigenvalue weighted by Gasteiger charge is 2.07. The summed E-state index contributed by atoms with van der Waals surface area (Å²) >= 11 is 0. The fraction of sp³-hybridized carbons (Fsp3) is 0.286. The normalized spacial score (nSPS) is 10.6. The van der Waals surface area contributed by atoms with E-state index in [1.165, 1.54) is 30.5 Å². The van der Waals surface area contributed by atoms with Gasteiger partial charge < -0.3 is 14.8 Å². The summed E-state index contributed by atoms with van der Waals surface area (Å²) < 4.78 is 23.7. The SMILES string of the molecule is CCCOc1ccc(/C=N/NC(=O)CCC(=O)Nc2ccc(F)cc2)cc1OC. The Bertz CT molecular complexity index is 854. The van der Waals surface area contributed by atoms with E-state index in [1.54, 1.807) is 25.3 Å². The summed E-state index contributed by atoms with van der Waals surface area (Å²) in [6.45, 7) is 2.61. The van der Waals surface area contributed by atoms with Gasteiger partial charge in [-0.25, -0.2) is 9.82 Å². The highest BCUT2D eigenvalue weighted by Crippen LogP contribution is 2.27. The Morgan fingerprint density at radius 2 is 1.79 bits per heavy atom.